The van der Waals surface area contributed by atoms with Gasteiger partial charge in [-0.3, -0.25) is 4.79 Å². The van der Waals surface area contributed by atoms with Gasteiger partial charge >= 0.3 is 0 Å². The molecule has 1 heterocycles. The minimum atomic E-state index is 0.0433. The van der Waals surface area contributed by atoms with Crippen molar-refractivity contribution in [2.24, 2.45) is 0 Å². The summed E-state index contributed by atoms with van der Waals surface area (Å²) >= 11 is 1.45. The van der Waals surface area contributed by atoms with Gasteiger partial charge in [-0.15, -0.1) is 0 Å². The second-order valence-corrected chi connectivity index (χ2v) is 4.35. The van der Waals surface area contributed by atoms with Crippen molar-refractivity contribution in [1.29, 1.82) is 0 Å². The highest BCUT2D eigenvalue weighted by molar-refractivity contribution is 7.98. The van der Waals surface area contributed by atoms with Gasteiger partial charge in [0.2, 0.25) is 0 Å². The van der Waals surface area contributed by atoms with E-state index in [0.717, 1.165) is 11.1 Å². The normalized spacial score (nSPS) is 10.9. The molecule has 2 aromatic rings. The van der Waals surface area contributed by atoms with E-state index in [1.807, 2.05) is 32.2 Å². The summed E-state index contributed by atoms with van der Waals surface area (Å²) in [4.78, 5) is 11.9. The number of hydrogen-bond acceptors (Lipinski definition) is 3. The van der Waals surface area contributed by atoms with Gasteiger partial charge in [0.15, 0.2) is 10.5 Å². The standard InChI is InChI=1S/C12H12O2S/c1-7-4-5-8(2)12-11(7)9(13)6-10(14-12)15-3/h4-6H,1-3H3. The van der Waals surface area contributed by atoms with Gasteiger partial charge in [0.05, 0.1) is 5.39 Å². The molecule has 0 fully saturated rings. The molecule has 0 unspecified atom stereocenters. The first kappa shape index (κ1) is 10.3. The Morgan fingerprint density at radius 2 is 1.87 bits per heavy atom. The molecule has 0 aliphatic rings. The number of aryl methyl sites for hydroxylation is 2. The van der Waals surface area contributed by atoms with Crippen LogP contribution in [0.1, 0.15) is 11.1 Å². The number of benzene rings is 1. The van der Waals surface area contributed by atoms with Gasteiger partial charge in [-0.25, -0.2) is 0 Å². The molecular weight excluding hydrogens is 208 g/mol. The van der Waals surface area contributed by atoms with Crippen LogP contribution in [0.15, 0.2) is 32.5 Å². The molecule has 0 aliphatic carbocycles. The molecule has 2 nitrogen and oxygen atoms in total. The summed E-state index contributed by atoms with van der Waals surface area (Å²) in [5.74, 6) is 0. The summed E-state index contributed by atoms with van der Waals surface area (Å²) < 4.78 is 5.67. The van der Waals surface area contributed by atoms with E-state index in [9.17, 15) is 4.79 Å². The summed E-state index contributed by atoms with van der Waals surface area (Å²) in [6.45, 7) is 3.88. The van der Waals surface area contributed by atoms with Crippen molar-refractivity contribution in [2.75, 3.05) is 6.26 Å². The molecular formula is C12H12O2S. The molecule has 0 saturated heterocycles. The molecule has 2 rings (SSSR count). The fourth-order valence-corrected chi connectivity index (χ4v) is 2.02. The maximum atomic E-state index is 11.9. The Balaban J connectivity index is 2.97. The Morgan fingerprint density at radius 1 is 1.20 bits per heavy atom. The zero-order valence-corrected chi connectivity index (χ0v) is 9.77. The lowest BCUT2D eigenvalue weighted by Gasteiger charge is -2.05. The average molecular weight is 220 g/mol. The van der Waals surface area contributed by atoms with Crippen molar-refractivity contribution in [3.8, 4) is 0 Å². The largest absolute Gasteiger partial charge is 0.449 e. The molecule has 15 heavy (non-hydrogen) atoms. The fraction of sp³-hybridized carbons (Fsp3) is 0.250. The molecule has 1 aromatic heterocycles. The maximum Gasteiger partial charge on any atom is 0.194 e. The van der Waals surface area contributed by atoms with Crippen LogP contribution < -0.4 is 5.43 Å². The highest BCUT2D eigenvalue weighted by atomic mass is 32.2. The number of rotatable bonds is 1. The Bertz CT molecular complexity index is 570. The van der Waals surface area contributed by atoms with E-state index in [2.05, 4.69) is 0 Å². The molecule has 0 spiro atoms. The molecule has 78 valence electrons. The molecule has 0 radical (unpaired) electrons. The Labute approximate surface area is 92.3 Å². The predicted molar refractivity (Wildman–Crippen MR) is 63.7 cm³/mol. The van der Waals surface area contributed by atoms with E-state index in [-0.39, 0.29) is 5.43 Å². The van der Waals surface area contributed by atoms with Gasteiger partial charge < -0.3 is 4.42 Å². The molecule has 0 N–H and O–H groups in total. The van der Waals surface area contributed by atoms with Crippen LogP contribution in [-0.4, -0.2) is 6.26 Å². The van der Waals surface area contributed by atoms with Crippen LogP contribution in [0.3, 0.4) is 0 Å². The molecule has 3 heteroatoms. The van der Waals surface area contributed by atoms with E-state index < -0.39 is 0 Å². The number of hydrogen-bond donors (Lipinski definition) is 0. The van der Waals surface area contributed by atoms with Crippen LogP contribution in [0, 0.1) is 13.8 Å². The zero-order chi connectivity index (χ0) is 11.0. The summed E-state index contributed by atoms with van der Waals surface area (Å²) in [6, 6.07) is 5.48. The van der Waals surface area contributed by atoms with Crippen molar-refractivity contribution in [1.82, 2.24) is 0 Å². The summed E-state index contributed by atoms with van der Waals surface area (Å²) in [5.41, 5.74) is 2.73. The second kappa shape index (κ2) is 3.74. The van der Waals surface area contributed by atoms with E-state index in [1.54, 1.807) is 6.07 Å². The molecule has 0 saturated carbocycles. The van der Waals surface area contributed by atoms with Gasteiger partial charge in [0.1, 0.15) is 5.58 Å². The predicted octanol–water partition coefficient (Wildman–Crippen LogP) is 3.13. The molecule has 1 aromatic carbocycles. The molecule has 0 atom stereocenters. The SMILES string of the molecule is CSc1cc(=O)c2c(C)ccc(C)c2o1. The minimum Gasteiger partial charge on any atom is -0.449 e. The first-order chi connectivity index (χ1) is 7.13. The van der Waals surface area contributed by atoms with Crippen LogP contribution >= 0.6 is 11.8 Å². The van der Waals surface area contributed by atoms with E-state index in [0.29, 0.717) is 16.1 Å². The maximum absolute atomic E-state index is 11.9. The lowest BCUT2D eigenvalue weighted by atomic mass is 10.1. The topological polar surface area (TPSA) is 30.2 Å². The monoisotopic (exact) mass is 220 g/mol. The molecule has 0 aliphatic heterocycles. The van der Waals surface area contributed by atoms with Gasteiger partial charge in [-0.05, 0) is 31.2 Å². The second-order valence-electron chi connectivity index (χ2n) is 3.54. The smallest absolute Gasteiger partial charge is 0.194 e. The fourth-order valence-electron chi connectivity index (χ4n) is 1.63. The third-order valence-electron chi connectivity index (χ3n) is 2.46. The van der Waals surface area contributed by atoms with Crippen LogP contribution in [0.4, 0.5) is 0 Å². The Morgan fingerprint density at radius 3 is 2.53 bits per heavy atom. The van der Waals surface area contributed by atoms with Crippen molar-refractivity contribution < 1.29 is 4.42 Å². The van der Waals surface area contributed by atoms with Crippen LogP contribution in [0.5, 0.6) is 0 Å². The minimum absolute atomic E-state index is 0.0433. The van der Waals surface area contributed by atoms with Gasteiger partial charge in [0, 0.05) is 6.07 Å². The first-order valence-electron chi connectivity index (χ1n) is 4.71. The summed E-state index contributed by atoms with van der Waals surface area (Å²) in [5, 5.41) is 1.37. The first-order valence-corrected chi connectivity index (χ1v) is 5.94. The Hall–Kier alpha value is -1.22. The summed E-state index contributed by atoms with van der Waals surface area (Å²) in [6.07, 6.45) is 1.90. The number of fused-ring (bicyclic) bond motifs is 1. The number of thioether (sulfide) groups is 1. The van der Waals surface area contributed by atoms with Crippen LogP contribution in [-0.2, 0) is 0 Å². The van der Waals surface area contributed by atoms with Gasteiger partial charge in [-0.2, -0.15) is 0 Å². The lowest BCUT2D eigenvalue weighted by molar-refractivity contribution is 0.498. The van der Waals surface area contributed by atoms with Crippen molar-refractivity contribution in [3.05, 3.63) is 39.5 Å². The molecule has 0 amide bonds. The zero-order valence-electron chi connectivity index (χ0n) is 8.96. The lowest BCUT2D eigenvalue weighted by Crippen LogP contribution is -2.02. The van der Waals surface area contributed by atoms with Crippen molar-refractivity contribution in [3.63, 3.8) is 0 Å². The highest BCUT2D eigenvalue weighted by Crippen LogP contribution is 2.23. The van der Waals surface area contributed by atoms with E-state index in [4.69, 9.17) is 4.42 Å². The van der Waals surface area contributed by atoms with Gasteiger partial charge in [-0.1, -0.05) is 23.9 Å². The van der Waals surface area contributed by atoms with Crippen molar-refractivity contribution in [2.45, 2.75) is 18.9 Å². The van der Waals surface area contributed by atoms with E-state index >= 15 is 0 Å². The highest BCUT2D eigenvalue weighted by Gasteiger charge is 2.08. The van der Waals surface area contributed by atoms with Crippen LogP contribution in [0.25, 0.3) is 11.0 Å². The quantitative estimate of drug-likeness (QED) is 0.692. The van der Waals surface area contributed by atoms with Crippen molar-refractivity contribution >= 4 is 22.7 Å². The van der Waals surface area contributed by atoms with E-state index in [1.165, 1.54) is 11.8 Å². The Kier molecular flexibility index (Phi) is 2.57. The van der Waals surface area contributed by atoms with Crippen LogP contribution in [0.2, 0.25) is 0 Å². The average Bonchev–Trinajstić information content (AvgIpc) is 2.23. The molecule has 0 bridgehead atoms. The van der Waals surface area contributed by atoms with Gasteiger partial charge in [0.25, 0.3) is 0 Å². The third kappa shape index (κ3) is 1.67. The summed E-state index contributed by atoms with van der Waals surface area (Å²) in [7, 11) is 0. The third-order valence-corrected chi connectivity index (χ3v) is 3.07.